The van der Waals surface area contributed by atoms with E-state index in [1.54, 1.807) is 0 Å². The molecule has 1 unspecified atom stereocenters. The zero-order valence-corrected chi connectivity index (χ0v) is 16.0. The number of rotatable bonds is 9. The minimum Gasteiger partial charge on any atom is -0.310 e. The molecule has 1 aromatic rings. The van der Waals surface area contributed by atoms with Gasteiger partial charge in [0.25, 0.3) is 0 Å². The summed E-state index contributed by atoms with van der Waals surface area (Å²) in [5.41, 5.74) is 1.20. The highest BCUT2D eigenvalue weighted by Gasteiger charge is 2.15. The van der Waals surface area contributed by atoms with Crippen molar-refractivity contribution in [3.8, 4) is 0 Å². The Morgan fingerprint density at radius 2 is 2.00 bits per heavy atom. The van der Waals surface area contributed by atoms with E-state index in [2.05, 4.69) is 66.0 Å². The lowest BCUT2D eigenvalue weighted by Gasteiger charge is -2.26. The van der Waals surface area contributed by atoms with Crippen molar-refractivity contribution in [1.82, 2.24) is 10.2 Å². The monoisotopic (exact) mass is 374 g/mol. The van der Waals surface area contributed by atoms with Gasteiger partial charge in [-0.2, -0.15) is 0 Å². The topological polar surface area (TPSA) is 15.3 Å². The van der Waals surface area contributed by atoms with Gasteiger partial charge in [0.1, 0.15) is 0 Å². The lowest BCUT2D eigenvalue weighted by Crippen LogP contribution is -2.32. The lowest BCUT2D eigenvalue weighted by molar-refractivity contribution is 0.242. The molecule has 0 radical (unpaired) electrons. The van der Waals surface area contributed by atoms with E-state index >= 15 is 0 Å². The molecule has 4 heteroatoms. The van der Waals surface area contributed by atoms with E-state index in [0.717, 1.165) is 42.1 Å². The van der Waals surface area contributed by atoms with Crippen molar-refractivity contribution in [2.45, 2.75) is 40.2 Å². The number of nitrogens with zero attached hydrogens (tertiary/aromatic N) is 1. The van der Waals surface area contributed by atoms with Crippen molar-refractivity contribution in [2.75, 3.05) is 26.2 Å². The molecule has 0 heterocycles. The van der Waals surface area contributed by atoms with Gasteiger partial charge in [-0.3, -0.25) is 0 Å². The molecule has 0 aliphatic rings. The minimum atomic E-state index is 0.316. The first-order chi connectivity index (χ1) is 9.97. The summed E-state index contributed by atoms with van der Waals surface area (Å²) < 4.78 is 1.03. The molecule has 1 atom stereocenters. The van der Waals surface area contributed by atoms with Gasteiger partial charge in [0.2, 0.25) is 0 Å². The second kappa shape index (κ2) is 9.83. The zero-order valence-electron chi connectivity index (χ0n) is 13.6. The van der Waals surface area contributed by atoms with E-state index in [1.165, 1.54) is 5.56 Å². The van der Waals surface area contributed by atoms with Gasteiger partial charge in [0.15, 0.2) is 0 Å². The summed E-state index contributed by atoms with van der Waals surface area (Å²) in [6, 6.07) is 6.49. The molecule has 0 fully saturated rings. The fourth-order valence-electron chi connectivity index (χ4n) is 2.60. The lowest BCUT2D eigenvalue weighted by atomic mass is 10.0. The zero-order chi connectivity index (χ0) is 15.8. The molecule has 1 rings (SSSR count). The molecule has 0 aliphatic carbocycles. The molecule has 0 spiro atoms. The quantitative estimate of drug-likeness (QED) is 0.644. The van der Waals surface area contributed by atoms with Crippen LogP contribution in [0, 0.1) is 5.92 Å². The van der Waals surface area contributed by atoms with Crippen LogP contribution in [0.3, 0.4) is 0 Å². The largest absolute Gasteiger partial charge is 0.310 e. The average molecular weight is 376 g/mol. The predicted octanol–water partition coefficient (Wildman–Crippen LogP) is 5.12. The van der Waals surface area contributed by atoms with E-state index < -0.39 is 0 Å². The Bertz CT molecular complexity index is 423. The molecule has 21 heavy (non-hydrogen) atoms. The number of hydrogen-bond acceptors (Lipinski definition) is 2. The first-order valence-electron chi connectivity index (χ1n) is 7.88. The van der Waals surface area contributed by atoms with Crippen LogP contribution in [0.4, 0.5) is 0 Å². The van der Waals surface area contributed by atoms with Crippen LogP contribution in [0.25, 0.3) is 0 Å². The molecule has 1 N–H and O–H groups in total. The van der Waals surface area contributed by atoms with Crippen molar-refractivity contribution < 1.29 is 0 Å². The second-order valence-corrected chi connectivity index (χ2v) is 7.17. The van der Waals surface area contributed by atoms with E-state index in [1.807, 2.05) is 6.07 Å². The van der Waals surface area contributed by atoms with Gasteiger partial charge in [-0.05, 0) is 49.7 Å². The molecular formula is C17H28BrClN2. The standard InChI is InChI=1S/C17H28BrClN2/c1-5-20-17(9-10-21(6-2)12-13(3)4)15-8-7-14(18)11-16(15)19/h7-8,11,13,17,20H,5-6,9-10,12H2,1-4H3. The maximum absolute atomic E-state index is 6.41. The fourth-order valence-corrected chi connectivity index (χ4v) is 3.41. The van der Waals surface area contributed by atoms with Crippen LogP contribution in [-0.2, 0) is 0 Å². The molecule has 0 aliphatic heterocycles. The number of nitrogens with one attached hydrogen (secondary N) is 1. The third-order valence-corrected chi connectivity index (χ3v) is 4.41. The van der Waals surface area contributed by atoms with Crippen LogP contribution in [0.5, 0.6) is 0 Å². The van der Waals surface area contributed by atoms with Crippen LogP contribution in [0.2, 0.25) is 5.02 Å². The highest BCUT2D eigenvalue weighted by Crippen LogP contribution is 2.28. The Labute approximate surface area is 143 Å². The smallest absolute Gasteiger partial charge is 0.0465 e. The molecule has 1 aromatic carbocycles. The van der Waals surface area contributed by atoms with Gasteiger partial charge in [0, 0.05) is 22.1 Å². The Kier molecular flexibility index (Phi) is 8.88. The second-order valence-electron chi connectivity index (χ2n) is 5.85. The van der Waals surface area contributed by atoms with Crippen LogP contribution >= 0.6 is 27.5 Å². The molecule has 0 aromatic heterocycles. The third kappa shape index (κ3) is 6.68. The summed E-state index contributed by atoms with van der Waals surface area (Å²) in [4.78, 5) is 2.52. The van der Waals surface area contributed by atoms with E-state index in [9.17, 15) is 0 Å². The fraction of sp³-hybridized carbons (Fsp3) is 0.647. The summed E-state index contributed by atoms with van der Waals surface area (Å²) in [6.45, 7) is 13.2. The third-order valence-electron chi connectivity index (χ3n) is 3.59. The summed E-state index contributed by atoms with van der Waals surface area (Å²) in [7, 11) is 0. The van der Waals surface area contributed by atoms with Crippen molar-refractivity contribution in [3.63, 3.8) is 0 Å². The maximum atomic E-state index is 6.41. The Balaban J connectivity index is 2.72. The Hall–Kier alpha value is -0.0900. The molecule has 2 nitrogen and oxygen atoms in total. The van der Waals surface area contributed by atoms with Crippen LogP contribution in [-0.4, -0.2) is 31.1 Å². The van der Waals surface area contributed by atoms with Gasteiger partial charge in [-0.25, -0.2) is 0 Å². The average Bonchev–Trinajstić information content (AvgIpc) is 2.42. The van der Waals surface area contributed by atoms with E-state index in [0.29, 0.717) is 12.0 Å². The molecule has 0 saturated heterocycles. The normalized spacial score (nSPS) is 13.1. The molecular weight excluding hydrogens is 348 g/mol. The number of halogens is 2. The highest BCUT2D eigenvalue weighted by atomic mass is 79.9. The SMILES string of the molecule is CCNC(CCN(CC)CC(C)C)c1ccc(Br)cc1Cl. The van der Waals surface area contributed by atoms with Gasteiger partial charge < -0.3 is 10.2 Å². The highest BCUT2D eigenvalue weighted by molar-refractivity contribution is 9.10. The molecule has 0 bridgehead atoms. The first-order valence-corrected chi connectivity index (χ1v) is 9.05. The molecule has 120 valence electrons. The van der Waals surface area contributed by atoms with Crippen LogP contribution in [0.1, 0.15) is 45.7 Å². The summed E-state index contributed by atoms with van der Waals surface area (Å²) in [5.74, 6) is 0.707. The van der Waals surface area contributed by atoms with Gasteiger partial charge >= 0.3 is 0 Å². The van der Waals surface area contributed by atoms with Crippen LogP contribution < -0.4 is 5.32 Å². The van der Waals surface area contributed by atoms with E-state index in [4.69, 9.17) is 11.6 Å². The van der Waals surface area contributed by atoms with Gasteiger partial charge in [-0.1, -0.05) is 61.3 Å². The Morgan fingerprint density at radius 1 is 1.29 bits per heavy atom. The number of hydrogen-bond donors (Lipinski definition) is 1. The van der Waals surface area contributed by atoms with Gasteiger partial charge in [0.05, 0.1) is 0 Å². The van der Waals surface area contributed by atoms with E-state index in [-0.39, 0.29) is 0 Å². The summed E-state index contributed by atoms with van der Waals surface area (Å²) >= 11 is 9.88. The van der Waals surface area contributed by atoms with Crippen LogP contribution in [0.15, 0.2) is 22.7 Å². The summed E-state index contributed by atoms with van der Waals surface area (Å²) in [5, 5.41) is 4.40. The summed E-state index contributed by atoms with van der Waals surface area (Å²) in [6.07, 6.45) is 1.08. The van der Waals surface area contributed by atoms with Crippen molar-refractivity contribution in [1.29, 1.82) is 0 Å². The van der Waals surface area contributed by atoms with Crippen molar-refractivity contribution in [3.05, 3.63) is 33.3 Å². The first kappa shape index (κ1) is 19.0. The minimum absolute atomic E-state index is 0.316. The maximum Gasteiger partial charge on any atom is 0.0465 e. The van der Waals surface area contributed by atoms with Gasteiger partial charge in [-0.15, -0.1) is 0 Å². The van der Waals surface area contributed by atoms with Crippen molar-refractivity contribution in [2.24, 2.45) is 5.92 Å². The molecule has 0 amide bonds. The predicted molar refractivity (Wildman–Crippen MR) is 97.1 cm³/mol. The van der Waals surface area contributed by atoms with Crippen molar-refractivity contribution >= 4 is 27.5 Å². The number of benzene rings is 1. The molecule has 0 saturated carbocycles. The Morgan fingerprint density at radius 3 is 2.52 bits per heavy atom.